The number of carbonyl (C=O) groups excluding carboxylic acids is 1. The van der Waals surface area contributed by atoms with Crippen molar-refractivity contribution >= 4 is 23.2 Å². The lowest BCUT2D eigenvalue weighted by Gasteiger charge is -2.22. The summed E-state index contributed by atoms with van der Waals surface area (Å²) in [5.41, 5.74) is 9.06. The van der Waals surface area contributed by atoms with Crippen molar-refractivity contribution in [3.05, 3.63) is 59.2 Å². The largest absolute Gasteiger partial charge is 0.383 e. The first-order valence-corrected chi connectivity index (χ1v) is 10.8. The number of nitrogens with one attached hydrogen (secondary N) is 1. The van der Waals surface area contributed by atoms with Crippen LogP contribution in [0.5, 0.6) is 0 Å². The fourth-order valence-electron chi connectivity index (χ4n) is 4.23. The van der Waals surface area contributed by atoms with Gasteiger partial charge in [0.1, 0.15) is 28.6 Å². The lowest BCUT2D eigenvalue weighted by molar-refractivity contribution is -0.119. The molecular weight excluding hydrogens is 423 g/mol. The number of unbranched alkanes of at least 4 members (excludes halogenated alkanes) is 1. The predicted molar refractivity (Wildman–Crippen MR) is 121 cm³/mol. The number of carbonyl (C=O) groups is 1. The summed E-state index contributed by atoms with van der Waals surface area (Å²) in [6.07, 6.45) is 7.48. The first-order valence-electron chi connectivity index (χ1n) is 10.8. The van der Waals surface area contributed by atoms with Crippen LogP contribution < -0.4 is 11.1 Å². The minimum atomic E-state index is -1.24. The van der Waals surface area contributed by atoms with Crippen molar-refractivity contribution in [3.8, 4) is 11.5 Å². The topological polar surface area (TPSA) is 124 Å². The third-order valence-corrected chi connectivity index (χ3v) is 6.11. The van der Waals surface area contributed by atoms with Crippen molar-refractivity contribution < 1.29 is 9.18 Å². The van der Waals surface area contributed by atoms with Gasteiger partial charge in [0.25, 0.3) is 0 Å². The maximum Gasteiger partial charge on any atom is 0.242 e. The Labute approximate surface area is 189 Å². The van der Waals surface area contributed by atoms with Crippen LogP contribution in [0.4, 0.5) is 16.0 Å². The summed E-state index contributed by atoms with van der Waals surface area (Å²) in [5, 5.41) is 2.79. The zero-order chi connectivity index (χ0) is 23.3. The molecule has 0 spiro atoms. The number of halogens is 1. The fraction of sp³-hybridized carbons (Fsp3) is 0.304. The monoisotopic (exact) mass is 446 g/mol. The van der Waals surface area contributed by atoms with E-state index in [9.17, 15) is 9.18 Å². The van der Waals surface area contributed by atoms with Crippen LogP contribution in [0, 0.1) is 12.7 Å². The van der Waals surface area contributed by atoms with E-state index in [4.69, 9.17) is 10.7 Å². The number of nitrogens with two attached hydrogens (primary N) is 1. The second kappa shape index (κ2) is 7.58. The number of anilines is 2. The lowest BCUT2D eigenvalue weighted by Crippen LogP contribution is -2.34. The van der Waals surface area contributed by atoms with Gasteiger partial charge in [-0.25, -0.2) is 24.3 Å². The first-order chi connectivity index (χ1) is 15.8. The molecule has 10 heteroatoms. The molecule has 5 heterocycles. The molecule has 0 radical (unpaired) electrons. The number of nitrogen functional groups attached to an aromatic ring is 1. The fourth-order valence-corrected chi connectivity index (χ4v) is 4.23. The molecule has 0 saturated heterocycles. The number of amides is 1. The molecule has 0 fully saturated rings. The summed E-state index contributed by atoms with van der Waals surface area (Å²) in [6, 6.07) is 2.73. The van der Waals surface area contributed by atoms with Crippen LogP contribution in [0.1, 0.15) is 49.3 Å². The highest BCUT2D eigenvalue weighted by atomic mass is 19.1. The maximum atomic E-state index is 13.4. The van der Waals surface area contributed by atoms with E-state index in [1.807, 2.05) is 17.5 Å². The minimum absolute atomic E-state index is 0.140. The Morgan fingerprint density at radius 1 is 1.18 bits per heavy atom. The van der Waals surface area contributed by atoms with Crippen LogP contribution >= 0.6 is 0 Å². The quantitative estimate of drug-likeness (QED) is 0.482. The normalized spacial score (nSPS) is 17.4. The van der Waals surface area contributed by atoms with Crippen LogP contribution in [-0.2, 0) is 16.6 Å². The third kappa shape index (κ3) is 3.21. The summed E-state index contributed by atoms with van der Waals surface area (Å²) in [6.45, 7) is 5.76. The van der Waals surface area contributed by atoms with E-state index in [1.54, 1.807) is 13.1 Å². The van der Waals surface area contributed by atoms with Gasteiger partial charge in [0.05, 0.1) is 23.1 Å². The van der Waals surface area contributed by atoms with Crippen LogP contribution in [0.25, 0.3) is 17.2 Å². The van der Waals surface area contributed by atoms with Gasteiger partial charge in [0.15, 0.2) is 11.5 Å². The molecule has 4 aromatic heterocycles. The molecule has 0 saturated carbocycles. The predicted octanol–water partition coefficient (Wildman–Crippen LogP) is 3.21. The molecule has 0 aromatic carbocycles. The summed E-state index contributed by atoms with van der Waals surface area (Å²) >= 11 is 0. The molecule has 1 aliphatic rings. The van der Waals surface area contributed by atoms with Crippen molar-refractivity contribution in [1.29, 1.82) is 0 Å². The van der Waals surface area contributed by atoms with E-state index >= 15 is 0 Å². The highest BCUT2D eigenvalue weighted by Crippen LogP contribution is 2.44. The van der Waals surface area contributed by atoms with Crippen molar-refractivity contribution in [2.75, 3.05) is 11.1 Å². The van der Waals surface area contributed by atoms with E-state index in [1.165, 1.54) is 12.1 Å². The molecule has 0 bridgehead atoms. The summed E-state index contributed by atoms with van der Waals surface area (Å²) < 4.78 is 15.4. The van der Waals surface area contributed by atoms with Gasteiger partial charge in [-0.3, -0.25) is 9.78 Å². The van der Waals surface area contributed by atoms with E-state index in [0.29, 0.717) is 28.6 Å². The van der Waals surface area contributed by atoms with Crippen LogP contribution in [-0.4, -0.2) is 35.2 Å². The second-order valence-electron chi connectivity index (χ2n) is 8.37. The molecular formula is C23H23FN8O. The molecule has 1 aliphatic heterocycles. The standard InChI is InChI=1S/C23H23FN8O/c1-4-5-6-14-21-27-9-12(2)32(21)11-15(28-14)19-29-18(25)17-20(30-19)31-22(33)23(17,3)16-8-7-13(24)10-26-16/h7-11H,4-6H2,1-3H3,(H3,25,29,30,31,33). The Hall–Kier alpha value is -3.95. The molecule has 0 aliphatic carbocycles. The molecule has 1 unspecified atom stereocenters. The molecule has 4 aromatic rings. The zero-order valence-corrected chi connectivity index (χ0v) is 18.6. The zero-order valence-electron chi connectivity index (χ0n) is 18.6. The summed E-state index contributed by atoms with van der Waals surface area (Å²) in [5.74, 6) is -0.102. The molecule has 5 rings (SSSR count). The molecule has 1 atom stereocenters. The Morgan fingerprint density at radius 2 is 2.00 bits per heavy atom. The van der Waals surface area contributed by atoms with Gasteiger partial charge in [0, 0.05) is 18.1 Å². The second-order valence-corrected chi connectivity index (χ2v) is 8.37. The van der Waals surface area contributed by atoms with Crippen molar-refractivity contribution in [2.24, 2.45) is 0 Å². The Balaban J connectivity index is 1.65. The Bertz CT molecular complexity index is 1400. The molecule has 9 nitrogen and oxygen atoms in total. The van der Waals surface area contributed by atoms with E-state index in [-0.39, 0.29) is 11.7 Å². The maximum absolute atomic E-state index is 13.4. The highest BCUT2D eigenvalue weighted by Gasteiger charge is 2.48. The summed E-state index contributed by atoms with van der Waals surface area (Å²) in [4.78, 5) is 35.5. The number of pyridine rings is 1. The smallest absolute Gasteiger partial charge is 0.242 e. The van der Waals surface area contributed by atoms with Crippen molar-refractivity contribution in [2.45, 2.75) is 45.4 Å². The number of nitrogens with zero attached hydrogens (tertiary/aromatic N) is 6. The number of aryl methyl sites for hydroxylation is 2. The Kier molecular flexibility index (Phi) is 4.80. The summed E-state index contributed by atoms with van der Waals surface area (Å²) in [7, 11) is 0. The number of hydrogen-bond acceptors (Lipinski definition) is 7. The van der Waals surface area contributed by atoms with Crippen LogP contribution in [0.15, 0.2) is 30.7 Å². The molecule has 33 heavy (non-hydrogen) atoms. The van der Waals surface area contributed by atoms with Gasteiger partial charge in [-0.2, -0.15) is 0 Å². The van der Waals surface area contributed by atoms with E-state index in [2.05, 4.69) is 32.2 Å². The SMILES string of the molecule is CCCCc1nc(-c2nc(N)c3c(n2)NC(=O)C3(C)c2ccc(F)cn2)cn2c(C)cnc12. The van der Waals surface area contributed by atoms with Gasteiger partial charge in [0.2, 0.25) is 5.91 Å². The molecule has 168 valence electrons. The number of imidazole rings is 1. The average molecular weight is 446 g/mol. The van der Waals surface area contributed by atoms with E-state index in [0.717, 1.165) is 42.5 Å². The minimum Gasteiger partial charge on any atom is -0.383 e. The average Bonchev–Trinajstić information content (AvgIpc) is 3.30. The van der Waals surface area contributed by atoms with Crippen LogP contribution in [0.3, 0.4) is 0 Å². The van der Waals surface area contributed by atoms with Gasteiger partial charge in [-0.1, -0.05) is 13.3 Å². The van der Waals surface area contributed by atoms with Gasteiger partial charge in [-0.05, 0) is 38.8 Å². The molecule has 3 N–H and O–H groups in total. The Morgan fingerprint density at radius 3 is 2.73 bits per heavy atom. The van der Waals surface area contributed by atoms with Gasteiger partial charge in [-0.15, -0.1) is 0 Å². The number of aromatic nitrogens is 6. The highest BCUT2D eigenvalue weighted by molar-refractivity contribution is 6.08. The number of rotatable bonds is 5. The van der Waals surface area contributed by atoms with Crippen molar-refractivity contribution in [3.63, 3.8) is 0 Å². The first kappa shape index (κ1) is 20.9. The molecule has 1 amide bonds. The van der Waals surface area contributed by atoms with Crippen LogP contribution in [0.2, 0.25) is 0 Å². The van der Waals surface area contributed by atoms with E-state index < -0.39 is 11.2 Å². The number of fused-ring (bicyclic) bond motifs is 2. The lowest BCUT2D eigenvalue weighted by atomic mass is 9.81. The van der Waals surface area contributed by atoms with Gasteiger partial charge >= 0.3 is 0 Å². The number of hydrogen-bond donors (Lipinski definition) is 2. The van der Waals surface area contributed by atoms with Crippen molar-refractivity contribution in [1.82, 2.24) is 29.3 Å². The third-order valence-electron chi connectivity index (χ3n) is 6.11. The van der Waals surface area contributed by atoms with Gasteiger partial charge < -0.3 is 15.5 Å².